The zero-order valence-corrected chi connectivity index (χ0v) is 15.4. The second-order valence-corrected chi connectivity index (χ2v) is 7.44. The number of amides is 1. The lowest BCUT2D eigenvalue weighted by Crippen LogP contribution is -2.21. The molecule has 1 atom stereocenters. The molecule has 8 heteroatoms. The largest absolute Gasteiger partial charge is 0.451 e. The summed E-state index contributed by atoms with van der Waals surface area (Å²) in [6.45, 7) is 3.49. The van der Waals surface area contributed by atoms with Gasteiger partial charge < -0.3 is 10.1 Å². The van der Waals surface area contributed by atoms with Crippen LogP contribution in [0.3, 0.4) is 0 Å². The van der Waals surface area contributed by atoms with Crippen molar-refractivity contribution < 1.29 is 14.3 Å². The van der Waals surface area contributed by atoms with Crippen molar-refractivity contribution in [3.05, 3.63) is 39.8 Å². The summed E-state index contributed by atoms with van der Waals surface area (Å²) >= 11 is 1.43. The number of hydrogen-bond acceptors (Lipinski definition) is 7. The van der Waals surface area contributed by atoms with Crippen molar-refractivity contribution in [2.24, 2.45) is 5.92 Å². The average molecular weight is 370 g/mol. The van der Waals surface area contributed by atoms with E-state index >= 15 is 0 Å². The molecular weight excluding hydrogens is 352 g/mol. The van der Waals surface area contributed by atoms with E-state index in [1.807, 2.05) is 0 Å². The molecule has 1 aliphatic carbocycles. The number of nitrogens with one attached hydrogen (secondary N) is 1. The predicted molar refractivity (Wildman–Crippen MR) is 95.9 cm³/mol. The standard InChI is InChI=1S/C18H18N4O3S/c1-10-3-4-12-13(6-19)17(26-15(12)5-10)22-16(23)9-25-18(24)14-8-20-11(2)7-21-14/h7-8,10H,3-5,9H2,1-2H3,(H,22,23)/t10-/m1/s1. The van der Waals surface area contributed by atoms with Gasteiger partial charge in [0, 0.05) is 11.1 Å². The van der Waals surface area contributed by atoms with E-state index in [1.54, 1.807) is 6.92 Å². The molecule has 1 N–H and O–H groups in total. The topological polar surface area (TPSA) is 105 Å². The van der Waals surface area contributed by atoms with Gasteiger partial charge in [-0.3, -0.25) is 9.78 Å². The van der Waals surface area contributed by atoms with E-state index in [9.17, 15) is 14.9 Å². The van der Waals surface area contributed by atoms with Crippen LogP contribution >= 0.6 is 11.3 Å². The van der Waals surface area contributed by atoms with Gasteiger partial charge in [-0.1, -0.05) is 6.92 Å². The molecule has 3 rings (SSSR count). The van der Waals surface area contributed by atoms with Gasteiger partial charge in [0.05, 0.1) is 17.5 Å². The third-order valence-corrected chi connectivity index (χ3v) is 5.37. The first-order valence-electron chi connectivity index (χ1n) is 8.28. The third kappa shape index (κ3) is 3.89. The van der Waals surface area contributed by atoms with E-state index in [4.69, 9.17) is 4.74 Å². The number of ether oxygens (including phenoxy) is 1. The van der Waals surface area contributed by atoms with Crippen LogP contribution in [0.5, 0.6) is 0 Å². The van der Waals surface area contributed by atoms with Crippen LogP contribution in [0.2, 0.25) is 0 Å². The molecule has 2 aromatic rings. The van der Waals surface area contributed by atoms with E-state index in [0.717, 1.165) is 29.7 Å². The lowest BCUT2D eigenvalue weighted by atomic mass is 9.89. The average Bonchev–Trinajstić information content (AvgIpc) is 2.96. The molecule has 0 unspecified atom stereocenters. The Bertz CT molecular complexity index is 883. The Kier molecular flexibility index (Phi) is 5.28. The van der Waals surface area contributed by atoms with Gasteiger partial charge in [0.2, 0.25) is 0 Å². The number of rotatable bonds is 4. The number of esters is 1. The Morgan fingerprint density at radius 3 is 2.92 bits per heavy atom. The highest BCUT2D eigenvalue weighted by molar-refractivity contribution is 7.16. The Hall–Kier alpha value is -2.79. The van der Waals surface area contributed by atoms with E-state index in [0.29, 0.717) is 22.2 Å². The number of anilines is 1. The van der Waals surface area contributed by atoms with Crippen LogP contribution in [0.15, 0.2) is 12.4 Å². The molecule has 0 saturated heterocycles. The monoisotopic (exact) mass is 370 g/mol. The molecule has 0 aromatic carbocycles. The van der Waals surface area contributed by atoms with Gasteiger partial charge in [0.25, 0.3) is 5.91 Å². The van der Waals surface area contributed by atoms with Crippen LogP contribution < -0.4 is 5.32 Å². The smallest absolute Gasteiger partial charge is 0.359 e. The quantitative estimate of drug-likeness (QED) is 0.830. The zero-order chi connectivity index (χ0) is 18.7. The van der Waals surface area contributed by atoms with Gasteiger partial charge in [0.1, 0.15) is 11.1 Å². The number of nitriles is 1. The highest BCUT2D eigenvalue weighted by Crippen LogP contribution is 2.39. The Labute approximate surface area is 155 Å². The number of aryl methyl sites for hydroxylation is 1. The van der Waals surface area contributed by atoms with Crippen LogP contribution in [-0.2, 0) is 22.4 Å². The molecule has 2 heterocycles. The fourth-order valence-corrected chi connectivity index (χ4v) is 4.20. The molecule has 0 fully saturated rings. The number of hydrogen-bond donors (Lipinski definition) is 1. The number of carbonyl (C=O) groups excluding carboxylic acids is 2. The third-order valence-electron chi connectivity index (χ3n) is 4.20. The Morgan fingerprint density at radius 1 is 1.42 bits per heavy atom. The summed E-state index contributed by atoms with van der Waals surface area (Å²) in [5, 5.41) is 12.7. The van der Waals surface area contributed by atoms with Crippen molar-refractivity contribution in [2.45, 2.75) is 33.1 Å². The van der Waals surface area contributed by atoms with Crippen molar-refractivity contribution >= 4 is 28.2 Å². The van der Waals surface area contributed by atoms with Gasteiger partial charge >= 0.3 is 5.97 Å². The summed E-state index contributed by atoms with van der Waals surface area (Å²) in [4.78, 5) is 33.0. The molecule has 7 nitrogen and oxygen atoms in total. The van der Waals surface area contributed by atoms with Crippen molar-refractivity contribution in [3.63, 3.8) is 0 Å². The van der Waals surface area contributed by atoms with E-state index in [2.05, 4.69) is 28.3 Å². The van der Waals surface area contributed by atoms with Crippen LogP contribution in [-0.4, -0.2) is 28.5 Å². The number of aromatic nitrogens is 2. The van der Waals surface area contributed by atoms with Gasteiger partial charge in [0.15, 0.2) is 12.3 Å². The van der Waals surface area contributed by atoms with Gasteiger partial charge in [-0.25, -0.2) is 9.78 Å². The minimum atomic E-state index is -0.715. The summed E-state index contributed by atoms with van der Waals surface area (Å²) in [5.74, 6) is -0.623. The number of nitrogens with zero attached hydrogens (tertiary/aromatic N) is 3. The lowest BCUT2D eigenvalue weighted by molar-refractivity contribution is -0.119. The maximum absolute atomic E-state index is 12.1. The number of carbonyl (C=O) groups is 2. The Balaban J connectivity index is 1.63. The normalized spacial score (nSPS) is 15.7. The second kappa shape index (κ2) is 7.62. The fourth-order valence-electron chi connectivity index (χ4n) is 2.82. The van der Waals surface area contributed by atoms with Gasteiger partial charge in [-0.2, -0.15) is 5.26 Å². The van der Waals surface area contributed by atoms with Crippen LogP contribution in [0.25, 0.3) is 0 Å². The summed E-state index contributed by atoms with van der Waals surface area (Å²) in [5.41, 5.74) is 2.29. The maximum Gasteiger partial charge on any atom is 0.359 e. The molecule has 0 radical (unpaired) electrons. The first-order chi connectivity index (χ1) is 12.5. The second-order valence-electron chi connectivity index (χ2n) is 6.34. The van der Waals surface area contributed by atoms with Crippen molar-refractivity contribution in [1.82, 2.24) is 9.97 Å². The van der Waals surface area contributed by atoms with E-state index < -0.39 is 18.5 Å². The number of fused-ring (bicyclic) bond motifs is 1. The first kappa shape index (κ1) is 18.0. The summed E-state index contributed by atoms with van der Waals surface area (Å²) in [7, 11) is 0. The van der Waals surface area contributed by atoms with Gasteiger partial charge in [-0.05, 0) is 37.7 Å². The molecule has 0 saturated carbocycles. The lowest BCUT2D eigenvalue weighted by Gasteiger charge is -2.17. The highest BCUT2D eigenvalue weighted by Gasteiger charge is 2.25. The molecule has 0 spiro atoms. The van der Waals surface area contributed by atoms with Gasteiger partial charge in [-0.15, -0.1) is 11.3 Å². The van der Waals surface area contributed by atoms with Crippen LogP contribution in [0.4, 0.5) is 5.00 Å². The SMILES string of the molecule is Cc1cnc(C(=O)OCC(=O)Nc2sc3c(c2C#N)CC[C@@H](C)C3)cn1. The molecule has 0 bridgehead atoms. The maximum atomic E-state index is 12.1. The molecule has 2 aromatic heterocycles. The first-order valence-corrected chi connectivity index (χ1v) is 9.09. The molecule has 1 amide bonds. The van der Waals surface area contributed by atoms with E-state index in [-0.39, 0.29) is 5.69 Å². The van der Waals surface area contributed by atoms with Crippen molar-refractivity contribution in [3.8, 4) is 6.07 Å². The summed E-state index contributed by atoms with van der Waals surface area (Å²) < 4.78 is 4.96. The van der Waals surface area contributed by atoms with Crippen LogP contribution in [0.1, 0.15) is 45.5 Å². The molecular formula is C18H18N4O3S. The Morgan fingerprint density at radius 2 is 2.23 bits per heavy atom. The molecule has 1 aliphatic rings. The predicted octanol–water partition coefficient (Wildman–Crippen LogP) is 2.64. The summed E-state index contributed by atoms with van der Waals surface area (Å²) in [6, 6.07) is 2.19. The van der Waals surface area contributed by atoms with Crippen molar-refractivity contribution in [1.29, 1.82) is 5.26 Å². The minimum Gasteiger partial charge on any atom is -0.451 e. The number of thiophene rings is 1. The van der Waals surface area contributed by atoms with E-state index in [1.165, 1.54) is 23.7 Å². The molecule has 134 valence electrons. The molecule has 26 heavy (non-hydrogen) atoms. The van der Waals surface area contributed by atoms with Crippen molar-refractivity contribution in [2.75, 3.05) is 11.9 Å². The summed E-state index contributed by atoms with van der Waals surface area (Å²) in [6.07, 6.45) is 5.57. The van der Waals surface area contributed by atoms with Crippen LogP contribution in [0, 0.1) is 24.2 Å². The molecule has 0 aliphatic heterocycles. The minimum absolute atomic E-state index is 0.0432. The fraction of sp³-hybridized carbons (Fsp3) is 0.389. The zero-order valence-electron chi connectivity index (χ0n) is 14.5. The highest BCUT2D eigenvalue weighted by atomic mass is 32.1.